The molecule has 54 valence electrons. The Morgan fingerprint density at radius 2 is 2.00 bits per heavy atom. The first-order chi connectivity index (χ1) is 4.09. The van der Waals surface area contributed by atoms with E-state index in [1.165, 1.54) is 0 Å². The van der Waals surface area contributed by atoms with E-state index in [1.807, 2.05) is 0 Å². The van der Waals surface area contributed by atoms with Gasteiger partial charge in [-0.15, -0.1) is 0 Å². The second kappa shape index (κ2) is 3.39. The average molecular weight is 135 g/mol. The topological polar surface area (TPSA) is 104 Å². The normalized spacial score (nSPS) is 13.8. The zero-order chi connectivity index (χ0) is 7.44. The molecule has 1 unspecified atom stereocenters. The van der Waals surface area contributed by atoms with Crippen molar-refractivity contribution in [1.29, 1.82) is 0 Å². The molecule has 0 aromatic rings. The highest BCUT2D eigenvalue weighted by Crippen LogP contribution is 1.97. The number of aliphatic hydroxyl groups is 3. The number of amides is 1. The van der Waals surface area contributed by atoms with Gasteiger partial charge in [0.15, 0.2) is 6.29 Å². The van der Waals surface area contributed by atoms with Crippen molar-refractivity contribution < 1.29 is 20.1 Å². The summed E-state index contributed by atoms with van der Waals surface area (Å²) in [5.74, 6) is -2.20. The summed E-state index contributed by atoms with van der Waals surface area (Å²) < 4.78 is 0. The molecule has 0 saturated carbocycles. The van der Waals surface area contributed by atoms with Crippen LogP contribution in [0.1, 0.15) is 0 Å². The van der Waals surface area contributed by atoms with E-state index in [1.54, 1.807) is 0 Å². The largest absolute Gasteiger partial charge is 0.395 e. The lowest BCUT2D eigenvalue weighted by molar-refractivity contribution is -0.142. The van der Waals surface area contributed by atoms with Crippen LogP contribution in [-0.2, 0) is 4.79 Å². The average Bonchev–Trinajstić information content (AvgIpc) is 1.64. The summed E-state index contributed by atoms with van der Waals surface area (Å²) in [6.07, 6.45) is -1.87. The highest BCUT2D eigenvalue weighted by Gasteiger charge is 2.20. The van der Waals surface area contributed by atoms with Gasteiger partial charge in [0, 0.05) is 0 Å². The van der Waals surface area contributed by atoms with Crippen molar-refractivity contribution in [3.05, 3.63) is 0 Å². The van der Waals surface area contributed by atoms with Crippen LogP contribution in [0.15, 0.2) is 0 Å². The van der Waals surface area contributed by atoms with Gasteiger partial charge in [0.1, 0.15) is 5.92 Å². The molecule has 1 atom stereocenters. The first-order valence-electron chi connectivity index (χ1n) is 2.36. The lowest BCUT2D eigenvalue weighted by atomic mass is 10.1. The number of aliphatic hydroxyl groups excluding tert-OH is 2. The molecular formula is C4H9NO4. The van der Waals surface area contributed by atoms with E-state index in [0.29, 0.717) is 0 Å². The van der Waals surface area contributed by atoms with E-state index in [-0.39, 0.29) is 0 Å². The van der Waals surface area contributed by atoms with Crippen molar-refractivity contribution in [2.45, 2.75) is 6.29 Å². The van der Waals surface area contributed by atoms with Crippen LogP contribution in [0.3, 0.4) is 0 Å². The summed E-state index contributed by atoms with van der Waals surface area (Å²) in [4.78, 5) is 10.1. The number of nitrogens with two attached hydrogens (primary N) is 1. The zero-order valence-electron chi connectivity index (χ0n) is 4.69. The molecular weight excluding hydrogens is 126 g/mol. The van der Waals surface area contributed by atoms with Crippen LogP contribution in [0.4, 0.5) is 0 Å². The minimum atomic E-state index is -1.87. The van der Waals surface area contributed by atoms with Crippen LogP contribution in [-0.4, -0.2) is 34.1 Å². The lowest BCUT2D eigenvalue weighted by Crippen LogP contribution is -2.35. The summed E-state index contributed by atoms with van der Waals surface area (Å²) in [7, 11) is 0. The molecule has 0 aromatic heterocycles. The molecule has 9 heavy (non-hydrogen) atoms. The van der Waals surface area contributed by atoms with Crippen LogP contribution in [0, 0.1) is 5.92 Å². The maximum absolute atomic E-state index is 10.1. The number of carbonyl (C=O) groups excluding carboxylic acids is 1. The van der Waals surface area contributed by atoms with Crippen LogP contribution < -0.4 is 5.73 Å². The van der Waals surface area contributed by atoms with Crippen molar-refractivity contribution >= 4 is 5.91 Å². The van der Waals surface area contributed by atoms with Gasteiger partial charge in [-0.2, -0.15) is 0 Å². The molecule has 0 bridgehead atoms. The number of hydrogen-bond donors (Lipinski definition) is 4. The molecule has 5 heteroatoms. The summed E-state index contributed by atoms with van der Waals surface area (Å²) in [6, 6.07) is 0. The van der Waals surface area contributed by atoms with Crippen molar-refractivity contribution in [3.8, 4) is 0 Å². The zero-order valence-corrected chi connectivity index (χ0v) is 4.69. The Morgan fingerprint density at radius 1 is 1.56 bits per heavy atom. The molecule has 0 aromatic carbocycles. The number of carbonyl (C=O) groups is 1. The molecule has 1 amide bonds. The Morgan fingerprint density at radius 3 is 2.00 bits per heavy atom. The predicted molar refractivity (Wildman–Crippen MR) is 28.0 cm³/mol. The van der Waals surface area contributed by atoms with E-state index in [9.17, 15) is 4.79 Å². The van der Waals surface area contributed by atoms with E-state index in [4.69, 9.17) is 15.3 Å². The van der Waals surface area contributed by atoms with Crippen molar-refractivity contribution in [2.24, 2.45) is 11.7 Å². The maximum Gasteiger partial charge on any atom is 0.228 e. The molecule has 5 N–H and O–H groups in total. The second-order valence-corrected chi connectivity index (χ2v) is 1.61. The fourth-order valence-electron chi connectivity index (χ4n) is 0.331. The quantitative estimate of drug-likeness (QED) is 0.318. The summed E-state index contributed by atoms with van der Waals surface area (Å²) in [6.45, 7) is -0.646. The predicted octanol–water partition coefficient (Wildman–Crippen LogP) is -2.61. The Bertz CT molecular complexity index is 103. The Labute approximate surface area is 51.7 Å². The van der Waals surface area contributed by atoms with Gasteiger partial charge in [-0.1, -0.05) is 0 Å². The molecule has 0 aliphatic rings. The summed E-state index contributed by atoms with van der Waals surface area (Å²) in [5.41, 5.74) is 4.63. The van der Waals surface area contributed by atoms with Crippen molar-refractivity contribution in [1.82, 2.24) is 0 Å². The number of hydrogen-bond acceptors (Lipinski definition) is 4. The van der Waals surface area contributed by atoms with Gasteiger partial charge in [-0.3, -0.25) is 4.79 Å². The first-order valence-corrected chi connectivity index (χ1v) is 2.36. The molecule has 0 heterocycles. The van der Waals surface area contributed by atoms with Gasteiger partial charge in [-0.25, -0.2) is 0 Å². The Kier molecular flexibility index (Phi) is 3.15. The maximum atomic E-state index is 10.1. The van der Waals surface area contributed by atoms with E-state index < -0.39 is 24.7 Å². The minimum absolute atomic E-state index is 0.646. The smallest absolute Gasteiger partial charge is 0.228 e. The highest BCUT2D eigenvalue weighted by atomic mass is 16.5. The number of rotatable bonds is 3. The Hall–Kier alpha value is -0.650. The molecule has 0 radical (unpaired) electrons. The van der Waals surface area contributed by atoms with E-state index in [0.717, 1.165) is 0 Å². The standard InChI is InChI=1S/C4H9NO4/c5-3(7)2(1-6)4(8)9/h2,4,6,8-9H,1H2,(H2,5,7). The van der Waals surface area contributed by atoms with Crippen molar-refractivity contribution in [2.75, 3.05) is 6.61 Å². The van der Waals surface area contributed by atoms with Gasteiger partial charge in [0.2, 0.25) is 5.91 Å². The fraction of sp³-hybridized carbons (Fsp3) is 0.750. The third-order valence-corrected chi connectivity index (χ3v) is 0.922. The first kappa shape index (κ1) is 8.35. The van der Waals surface area contributed by atoms with Crippen LogP contribution in [0.2, 0.25) is 0 Å². The lowest BCUT2D eigenvalue weighted by Gasteiger charge is -2.10. The van der Waals surface area contributed by atoms with Gasteiger partial charge in [0.05, 0.1) is 6.61 Å². The van der Waals surface area contributed by atoms with E-state index >= 15 is 0 Å². The third kappa shape index (κ3) is 2.41. The van der Waals surface area contributed by atoms with Gasteiger partial charge >= 0.3 is 0 Å². The summed E-state index contributed by atoms with van der Waals surface area (Å²) in [5, 5.41) is 24.8. The van der Waals surface area contributed by atoms with Gasteiger partial charge < -0.3 is 21.1 Å². The van der Waals surface area contributed by atoms with E-state index in [2.05, 4.69) is 5.73 Å². The molecule has 0 fully saturated rings. The fourth-order valence-corrected chi connectivity index (χ4v) is 0.331. The second-order valence-electron chi connectivity index (χ2n) is 1.61. The van der Waals surface area contributed by atoms with Crippen LogP contribution in [0.5, 0.6) is 0 Å². The van der Waals surface area contributed by atoms with Crippen molar-refractivity contribution in [3.63, 3.8) is 0 Å². The molecule has 0 aliphatic heterocycles. The van der Waals surface area contributed by atoms with Gasteiger partial charge in [0.25, 0.3) is 0 Å². The highest BCUT2D eigenvalue weighted by molar-refractivity contribution is 5.77. The minimum Gasteiger partial charge on any atom is -0.395 e. The number of primary amides is 1. The van der Waals surface area contributed by atoms with Gasteiger partial charge in [-0.05, 0) is 0 Å². The molecule has 5 nitrogen and oxygen atoms in total. The monoisotopic (exact) mass is 135 g/mol. The van der Waals surface area contributed by atoms with Crippen LogP contribution in [0.25, 0.3) is 0 Å². The SMILES string of the molecule is NC(=O)C(CO)C(O)O. The molecule has 0 aliphatic carbocycles. The molecule has 0 saturated heterocycles. The molecule has 0 spiro atoms. The van der Waals surface area contributed by atoms with Crippen LogP contribution >= 0.6 is 0 Å². The third-order valence-electron chi connectivity index (χ3n) is 0.922. The Balaban J connectivity index is 3.83. The molecule has 0 rings (SSSR count). The summed E-state index contributed by atoms with van der Waals surface area (Å²) >= 11 is 0.